The minimum atomic E-state index is -0.250. The van der Waals surface area contributed by atoms with Gasteiger partial charge in [-0.2, -0.15) is 0 Å². The van der Waals surface area contributed by atoms with E-state index in [1.54, 1.807) is 0 Å². The Kier molecular flexibility index (Phi) is 12.0. The van der Waals surface area contributed by atoms with E-state index in [2.05, 4.69) is 26.1 Å². The summed E-state index contributed by atoms with van der Waals surface area (Å²) in [6.07, 6.45) is 3.87. The van der Waals surface area contributed by atoms with Crippen LogP contribution in [0, 0.1) is 0 Å². The van der Waals surface area contributed by atoms with E-state index in [0.717, 1.165) is 52.5 Å². The van der Waals surface area contributed by atoms with E-state index in [0.29, 0.717) is 0 Å². The van der Waals surface area contributed by atoms with Gasteiger partial charge in [-0.25, -0.2) is 0 Å². The number of morpholine rings is 1. The monoisotopic (exact) mass is 457 g/mol. The zero-order chi connectivity index (χ0) is 22.5. The van der Waals surface area contributed by atoms with Crippen molar-refractivity contribution in [1.29, 1.82) is 0 Å². The van der Waals surface area contributed by atoms with Gasteiger partial charge in [0.15, 0.2) is 0 Å². The second-order valence-corrected chi connectivity index (χ2v) is 8.94. The third-order valence-electron chi connectivity index (χ3n) is 5.79. The number of β-amino-alcohol motifs (C(OH)–C–C–N with tert-alkyl or cyclic N) is 1. The van der Waals surface area contributed by atoms with Crippen LogP contribution in [0.3, 0.4) is 0 Å². The molecule has 0 amide bonds. The van der Waals surface area contributed by atoms with Crippen LogP contribution < -0.4 is 0 Å². The molecule has 0 aliphatic carbocycles. The van der Waals surface area contributed by atoms with Gasteiger partial charge in [0.2, 0.25) is 0 Å². The number of carbonyl (C=O) groups is 2. The first-order valence-electron chi connectivity index (χ1n) is 10.8. The Hall–Kier alpha value is -1.56. The molecule has 10 heteroatoms. The first-order chi connectivity index (χ1) is 15.1. The lowest BCUT2D eigenvalue weighted by molar-refractivity contribution is -0.123. The highest BCUT2D eigenvalue weighted by Crippen LogP contribution is 2.24. The number of carboxylic acid groups (broad SMARTS) is 2. The number of rotatable bonds is 5. The van der Waals surface area contributed by atoms with E-state index in [1.807, 2.05) is 11.3 Å². The summed E-state index contributed by atoms with van der Waals surface area (Å²) < 4.78 is 5.44. The molecule has 3 aliphatic heterocycles. The van der Waals surface area contributed by atoms with E-state index >= 15 is 0 Å². The maximum absolute atomic E-state index is 10.5. The second-order valence-electron chi connectivity index (χ2n) is 7.95. The summed E-state index contributed by atoms with van der Waals surface area (Å²) in [7, 11) is 0. The van der Waals surface area contributed by atoms with Crippen molar-refractivity contribution in [2.45, 2.75) is 44.5 Å². The third kappa shape index (κ3) is 8.83. The fourth-order valence-electron chi connectivity index (χ4n) is 4.43. The van der Waals surface area contributed by atoms with Gasteiger partial charge in [0.1, 0.15) is 0 Å². The standard InChI is InChI=1S/C19H31N3O2S.2CH2O2/c23-19-14-21(13-18(19)22-6-8-24-9-7-22)12-17-10-16(15-25-17)11-20-4-2-1-3-5-20;2*2-1-3/h10,15,18-19,23H,1-9,11-14H2;2*1H,(H,2,3)/t18-,19-;;/m0../s1. The van der Waals surface area contributed by atoms with Crippen molar-refractivity contribution in [3.8, 4) is 0 Å². The van der Waals surface area contributed by atoms with Crippen LogP contribution in [0.1, 0.15) is 29.7 Å². The molecule has 3 saturated heterocycles. The summed E-state index contributed by atoms with van der Waals surface area (Å²) >= 11 is 1.88. The fraction of sp³-hybridized carbons (Fsp3) is 0.714. The van der Waals surface area contributed by atoms with Crippen LogP contribution in [0.4, 0.5) is 0 Å². The fourth-order valence-corrected chi connectivity index (χ4v) is 5.35. The predicted octanol–water partition coefficient (Wildman–Crippen LogP) is 1.01. The molecule has 176 valence electrons. The first kappa shape index (κ1) is 25.7. The maximum Gasteiger partial charge on any atom is 0.290 e. The molecule has 0 unspecified atom stereocenters. The van der Waals surface area contributed by atoms with Gasteiger partial charge in [-0.1, -0.05) is 6.42 Å². The molecule has 0 spiro atoms. The van der Waals surface area contributed by atoms with E-state index in [4.69, 9.17) is 24.5 Å². The topological polar surface area (TPSA) is 114 Å². The van der Waals surface area contributed by atoms with Crippen molar-refractivity contribution in [3.05, 3.63) is 21.9 Å². The van der Waals surface area contributed by atoms with Gasteiger partial charge in [0, 0.05) is 50.2 Å². The molecule has 9 nitrogen and oxygen atoms in total. The number of piperidine rings is 1. The van der Waals surface area contributed by atoms with Crippen LogP contribution in [-0.2, 0) is 27.4 Å². The number of ether oxygens (including phenoxy) is 1. The number of aliphatic hydroxyl groups is 1. The van der Waals surface area contributed by atoms with E-state index in [1.165, 1.54) is 42.8 Å². The number of thiophene rings is 1. The highest BCUT2D eigenvalue weighted by Gasteiger charge is 2.36. The van der Waals surface area contributed by atoms with Gasteiger partial charge in [0.25, 0.3) is 12.9 Å². The minimum absolute atomic E-state index is 0.231. The van der Waals surface area contributed by atoms with Crippen LogP contribution in [0.2, 0.25) is 0 Å². The average molecular weight is 458 g/mol. The van der Waals surface area contributed by atoms with E-state index < -0.39 is 0 Å². The molecular formula is C21H35N3O6S. The number of nitrogens with zero attached hydrogens (tertiary/aromatic N) is 3. The Balaban J connectivity index is 0.000000513. The van der Waals surface area contributed by atoms with Crippen LogP contribution in [-0.4, -0.2) is 108 Å². The average Bonchev–Trinajstić information content (AvgIpc) is 3.36. The van der Waals surface area contributed by atoms with Gasteiger partial charge >= 0.3 is 0 Å². The van der Waals surface area contributed by atoms with E-state index in [9.17, 15) is 5.11 Å². The molecule has 0 bridgehead atoms. The molecule has 31 heavy (non-hydrogen) atoms. The lowest BCUT2D eigenvalue weighted by Gasteiger charge is -2.33. The molecule has 1 aromatic rings. The highest BCUT2D eigenvalue weighted by atomic mass is 32.1. The van der Waals surface area contributed by atoms with Gasteiger partial charge in [-0.15, -0.1) is 11.3 Å². The molecule has 4 heterocycles. The highest BCUT2D eigenvalue weighted by molar-refractivity contribution is 7.10. The van der Waals surface area contributed by atoms with Crippen LogP contribution in [0.25, 0.3) is 0 Å². The molecule has 0 radical (unpaired) electrons. The Labute approximate surface area is 187 Å². The van der Waals surface area contributed by atoms with Crippen molar-refractivity contribution < 1.29 is 29.6 Å². The maximum atomic E-state index is 10.5. The Morgan fingerprint density at radius 3 is 2.26 bits per heavy atom. The summed E-state index contributed by atoms with van der Waals surface area (Å²) in [6.45, 7) is 9.36. The van der Waals surface area contributed by atoms with Crippen molar-refractivity contribution >= 4 is 24.3 Å². The Morgan fingerprint density at radius 1 is 0.968 bits per heavy atom. The lowest BCUT2D eigenvalue weighted by atomic mass is 10.1. The summed E-state index contributed by atoms with van der Waals surface area (Å²) in [5.74, 6) is 0. The third-order valence-corrected chi connectivity index (χ3v) is 6.76. The van der Waals surface area contributed by atoms with Gasteiger partial charge in [0.05, 0.1) is 19.3 Å². The molecule has 0 saturated carbocycles. The first-order valence-corrected chi connectivity index (χ1v) is 11.7. The Bertz CT molecular complexity index is 628. The van der Waals surface area contributed by atoms with Crippen molar-refractivity contribution in [2.24, 2.45) is 0 Å². The number of likely N-dealkylation sites (tertiary alicyclic amines) is 2. The summed E-state index contributed by atoms with van der Waals surface area (Å²) in [6, 6.07) is 2.66. The smallest absolute Gasteiger partial charge is 0.290 e. The second kappa shape index (κ2) is 14.5. The molecular weight excluding hydrogens is 422 g/mol. The molecule has 3 N–H and O–H groups in total. The van der Waals surface area contributed by atoms with Gasteiger partial charge in [-0.3, -0.25) is 24.3 Å². The lowest BCUT2D eigenvalue weighted by Crippen LogP contribution is -2.48. The predicted molar refractivity (Wildman–Crippen MR) is 118 cm³/mol. The zero-order valence-corrected chi connectivity index (χ0v) is 18.8. The normalized spacial score (nSPS) is 25.1. The SMILES string of the molecule is O=CO.O=CO.O[C@H]1CN(Cc2cc(CN3CCCCC3)cs2)C[C@@H]1N1CCOCC1. The number of aliphatic hydroxyl groups excluding tert-OH is 1. The zero-order valence-electron chi connectivity index (χ0n) is 18.0. The van der Waals surface area contributed by atoms with Gasteiger partial charge < -0.3 is 20.1 Å². The largest absolute Gasteiger partial charge is 0.483 e. The molecule has 3 fully saturated rings. The summed E-state index contributed by atoms with van der Waals surface area (Å²) in [5.41, 5.74) is 1.46. The van der Waals surface area contributed by atoms with Crippen molar-refractivity contribution in [3.63, 3.8) is 0 Å². The molecule has 0 aromatic carbocycles. The van der Waals surface area contributed by atoms with Crippen molar-refractivity contribution in [1.82, 2.24) is 14.7 Å². The van der Waals surface area contributed by atoms with Crippen LogP contribution in [0.5, 0.6) is 0 Å². The number of hydrogen-bond acceptors (Lipinski definition) is 8. The Morgan fingerprint density at radius 2 is 1.61 bits per heavy atom. The number of hydrogen-bond donors (Lipinski definition) is 3. The molecule has 2 atom stereocenters. The molecule has 4 rings (SSSR count). The van der Waals surface area contributed by atoms with Crippen LogP contribution in [0.15, 0.2) is 11.4 Å². The quantitative estimate of drug-likeness (QED) is 0.558. The minimum Gasteiger partial charge on any atom is -0.483 e. The summed E-state index contributed by atoms with van der Waals surface area (Å²) in [4.78, 5) is 25.6. The molecule has 1 aromatic heterocycles. The van der Waals surface area contributed by atoms with Gasteiger partial charge in [-0.05, 0) is 42.9 Å². The van der Waals surface area contributed by atoms with E-state index in [-0.39, 0.29) is 25.1 Å². The van der Waals surface area contributed by atoms with Crippen molar-refractivity contribution in [2.75, 3.05) is 52.5 Å². The summed E-state index contributed by atoms with van der Waals surface area (Å²) in [5, 5.41) is 26.6. The molecule has 3 aliphatic rings. The van der Waals surface area contributed by atoms with Crippen LogP contribution >= 0.6 is 11.3 Å².